The highest BCUT2D eigenvalue weighted by molar-refractivity contribution is 7.17. The molecule has 0 saturated carbocycles. The normalized spacial score (nSPS) is 12.7. The molecular weight excluding hydrogens is 348 g/mol. The third-order valence-corrected chi connectivity index (χ3v) is 5.78. The van der Waals surface area contributed by atoms with Crippen molar-refractivity contribution < 1.29 is 14.3 Å². The van der Waals surface area contributed by atoms with Crippen molar-refractivity contribution in [2.75, 3.05) is 11.9 Å². The fourth-order valence-corrected chi connectivity index (χ4v) is 4.53. The molecule has 1 aliphatic rings. The highest BCUT2D eigenvalue weighted by atomic mass is 32.1. The minimum absolute atomic E-state index is 0.114. The molecule has 5 nitrogen and oxygen atoms in total. The van der Waals surface area contributed by atoms with Gasteiger partial charge in [0.15, 0.2) is 0 Å². The van der Waals surface area contributed by atoms with Crippen LogP contribution in [0.4, 0.5) is 5.00 Å². The van der Waals surface area contributed by atoms with Crippen molar-refractivity contribution in [3.63, 3.8) is 0 Å². The molecule has 6 heteroatoms. The third-order valence-electron chi connectivity index (χ3n) is 4.57. The summed E-state index contributed by atoms with van der Waals surface area (Å²) in [6, 6.07) is 6.07. The summed E-state index contributed by atoms with van der Waals surface area (Å²) in [7, 11) is 0. The maximum absolute atomic E-state index is 12.2. The van der Waals surface area contributed by atoms with Gasteiger partial charge >= 0.3 is 0 Å². The zero-order valence-electron chi connectivity index (χ0n) is 15.2. The number of amides is 2. The maximum atomic E-state index is 12.2. The van der Waals surface area contributed by atoms with Crippen LogP contribution >= 0.6 is 11.3 Å². The molecule has 1 heterocycles. The Balaban J connectivity index is 1.52. The summed E-state index contributed by atoms with van der Waals surface area (Å²) in [5.74, 6) is 0.283. The number of thiophene rings is 1. The number of carbonyl (C=O) groups excluding carboxylic acids is 2. The molecule has 0 spiro atoms. The lowest BCUT2D eigenvalue weighted by Crippen LogP contribution is -2.18. The molecule has 0 atom stereocenters. The van der Waals surface area contributed by atoms with Gasteiger partial charge in [-0.3, -0.25) is 9.59 Å². The maximum Gasteiger partial charge on any atom is 0.251 e. The van der Waals surface area contributed by atoms with Gasteiger partial charge in [0.2, 0.25) is 5.91 Å². The van der Waals surface area contributed by atoms with Crippen LogP contribution < -0.4 is 15.8 Å². The minimum Gasteiger partial charge on any atom is -0.493 e. The van der Waals surface area contributed by atoms with Gasteiger partial charge in [0.25, 0.3) is 5.91 Å². The van der Waals surface area contributed by atoms with Crippen LogP contribution in [0.25, 0.3) is 0 Å². The Hall–Kier alpha value is -2.34. The molecule has 2 amide bonds. The molecule has 3 rings (SSSR count). The summed E-state index contributed by atoms with van der Waals surface area (Å²) in [5.41, 5.74) is 9.27. The van der Waals surface area contributed by atoms with Crippen molar-refractivity contribution in [1.29, 1.82) is 0 Å². The number of nitrogens with two attached hydrogens (primary N) is 1. The van der Waals surface area contributed by atoms with Crippen molar-refractivity contribution >= 4 is 28.2 Å². The summed E-state index contributed by atoms with van der Waals surface area (Å²) >= 11 is 1.48. The molecule has 26 heavy (non-hydrogen) atoms. The highest BCUT2D eigenvalue weighted by Gasteiger charge is 2.25. The molecule has 0 aliphatic heterocycles. The minimum atomic E-state index is -0.460. The number of ether oxygens (including phenoxy) is 1. The molecule has 1 aromatic heterocycles. The van der Waals surface area contributed by atoms with E-state index in [1.54, 1.807) is 0 Å². The van der Waals surface area contributed by atoms with E-state index < -0.39 is 5.91 Å². The first-order valence-electron chi connectivity index (χ1n) is 8.90. The lowest BCUT2D eigenvalue weighted by Gasteiger charge is -2.10. The van der Waals surface area contributed by atoms with Gasteiger partial charge in [-0.15, -0.1) is 11.3 Å². The van der Waals surface area contributed by atoms with E-state index in [1.807, 2.05) is 32.0 Å². The zero-order chi connectivity index (χ0) is 18.7. The number of hydrogen-bond acceptors (Lipinski definition) is 4. The molecule has 138 valence electrons. The lowest BCUT2D eigenvalue weighted by atomic mass is 10.1. The Kier molecular flexibility index (Phi) is 5.61. The quantitative estimate of drug-likeness (QED) is 0.726. The SMILES string of the molecule is Cc1ccc(C)c(OCCCC(=O)Nc2sc3c(c2C(N)=O)CCC3)c1. The molecule has 1 aliphatic carbocycles. The summed E-state index contributed by atoms with van der Waals surface area (Å²) in [6.45, 7) is 4.50. The Morgan fingerprint density at radius 3 is 2.85 bits per heavy atom. The molecule has 1 aromatic carbocycles. The van der Waals surface area contributed by atoms with E-state index in [-0.39, 0.29) is 5.91 Å². The van der Waals surface area contributed by atoms with Gasteiger partial charge < -0.3 is 15.8 Å². The van der Waals surface area contributed by atoms with Crippen molar-refractivity contribution in [3.05, 3.63) is 45.3 Å². The van der Waals surface area contributed by atoms with Gasteiger partial charge in [-0.2, -0.15) is 0 Å². The Bertz CT molecular complexity index is 842. The van der Waals surface area contributed by atoms with E-state index in [4.69, 9.17) is 10.5 Å². The molecular formula is C20H24N2O3S. The zero-order valence-corrected chi connectivity index (χ0v) is 16.0. The number of anilines is 1. The highest BCUT2D eigenvalue weighted by Crippen LogP contribution is 2.38. The van der Waals surface area contributed by atoms with E-state index in [2.05, 4.69) is 5.32 Å². The van der Waals surface area contributed by atoms with Crippen LogP contribution in [0.2, 0.25) is 0 Å². The van der Waals surface area contributed by atoms with E-state index in [9.17, 15) is 9.59 Å². The van der Waals surface area contributed by atoms with Crippen molar-refractivity contribution in [1.82, 2.24) is 0 Å². The van der Waals surface area contributed by atoms with Gasteiger partial charge in [-0.1, -0.05) is 12.1 Å². The second kappa shape index (κ2) is 7.91. The molecule has 0 saturated heterocycles. The first-order valence-corrected chi connectivity index (χ1v) is 9.71. The average molecular weight is 372 g/mol. The Labute approximate surface area is 157 Å². The largest absolute Gasteiger partial charge is 0.493 e. The monoisotopic (exact) mass is 372 g/mol. The fraction of sp³-hybridized carbons (Fsp3) is 0.400. The Morgan fingerprint density at radius 1 is 1.27 bits per heavy atom. The molecule has 0 bridgehead atoms. The van der Waals surface area contributed by atoms with Gasteiger partial charge in [0, 0.05) is 11.3 Å². The predicted molar refractivity (Wildman–Crippen MR) is 104 cm³/mol. The van der Waals surface area contributed by atoms with Crippen molar-refractivity contribution in [2.24, 2.45) is 5.73 Å². The van der Waals surface area contributed by atoms with E-state index in [0.717, 1.165) is 41.7 Å². The standard InChI is InChI=1S/C20H24N2O3S/c1-12-8-9-13(2)15(11-12)25-10-4-7-17(23)22-20-18(19(21)24)14-5-3-6-16(14)26-20/h8-9,11H,3-7,10H2,1-2H3,(H2,21,24)(H,22,23). The first-order chi connectivity index (χ1) is 12.5. The average Bonchev–Trinajstić information content (AvgIpc) is 3.14. The number of rotatable bonds is 7. The second-order valence-corrected chi connectivity index (χ2v) is 7.80. The molecule has 3 N–H and O–H groups in total. The predicted octanol–water partition coefficient (Wildman–Crippen LogP) is 3.75. The van der Waals surface area contributed by atoms with Gasteiger partial charge in [-0.25, -0.2) is 0 Å². The van der Waals surface area contributed by atoms with Crippen molar-refractivity contribution in [2.45, 2.75) is 46.0 Å². The summed E-state index contributed by atoms with van der Waals surface area (Å²) < 4.78 is 5.78. The number of hydrogen-bond donors (Lipinski definition) is 2. The summed E-state index contributed by atoms with van der Waals surface area (Å²) in [5, 5.41) is 3.46. The number of primary amides is 1. The first kappa shape index (κ1) is 18.5. The fourth-order valence-electron chi connectivity index (χ4n) is 3.22. The molecule has 2 aromatic rings. The van der Waals surface area contributed by atoms with Crippen LogP contribution in [0.3, 0.4) is 0 Å². The number of nitrogens with one attached hydrogen (secondary N) is 1. The summed E-state index contributed by atoms with van der Waals surface area (Å²) in [4.78, 5) is 25.2. The Morgan fingerprint density at radius 2 is 2.08 bits per heavy atom. The lowest BCUT2D eigenvalue weighted by molar-refractivity contribution is -0.116. The van der Waals surface area contributed by atoms with Crippen LogP contribution in [-0.2, 0) is 17.6 Å². The van der Waals surface area contributed by atoms with Crippen LogP contribution in [-0.4, -0.2) is 18.4 Å². The molecule has 0 fully saturated rings. The molecule has 0 unspecified atom stereocenters. The number of carbonyl (C=O) groups is 2. The topological polar surface area (TPSA) is 81.4 Å². The van der Waals surface area contributed by atoms with Gasteiger partial charge in [0.1, 0.15) is 10.8 Å². The van der Waals surface area contributed by atoms with E-state index in [1.165, 1.54) is 16.2 Å². The van der Waals surface area contributed by atoms with Crippen molar-refractivity contribution in [3.8, 4) is 5.75 Å². The summed E-state index contributed by atoms with van der Waals surface area (Å²) in [6.07, 6.45) is 3.82. The van der Waals surface area contributed by atoms with Crippen LogP contribution in [0.1, 0.15) is 51.2 Å². The number of fused-ring (bicyclic) bond motifs is 1. The molecule has 0 radical (unpaired) electrons. The van der Waals surface area contributed by atoms with Crippen LogP contribution in [0.15, 0.2) is 18.2 Å². The second-order valence-electron chi connectivity index (χ2n) is 6.69. The van der Waals surface area contributed by atoms with Crippen LogP contribution in [0.5, 0.6) is 5.75 Å². The third kappa shape index (κ3) is 4.07. The number of aryl methyl sites for hydroxylation is 3. The van der Waals surface area contributed by atoms with Gasteiger partial charge in [0.05, 0.1) is 12.2 Å². The van der Waals surface area contributed by atoms with E-state index in [0.29, 0.717) is 30.0 Å². The van der Waals surface area contributed by atoms with Crippen LogP contribution in [0, 0.1) is 13.8 Å². The smallest absolute Gasteiger partial charge is 0.251 e. The van der Waals surface area contributed by atoms with E-state index >= 15 is 0 Å². The van der Waals surface area contributed by atoms with Gasteiger partial charge in [-0.05, 0) is 62.3 Å². The number of benzene rings is 1.